The van der Waals surface area contributed by atoms with Crippen molar-refractivity contribution in [2.75, 3.05) is 19.9 Å². The second-order valence-corrected chi connectivity index (χ2v) is 4.34. The second-order valence-electron chi connectivity index (χ2n) is 4.34. The first kappa shape index (κ1) is 12.3. The van der Waals surface area contributed by atoms with E-state index in [2.05, 4.69) is 5.32 Å². The van der Waals surface area contributed by atoms with Gasteiger partial charge in [0.05, 0.1) is 19.3 Å². The van der Waals surface area contributed by atoms with E-state index in [9.17, 15) is 9.59 Å². The molecule has 0 saturated carbocycles. The molecule has 6 nitrogen and oxygen atoms in total. The van der Waals surface area contributed by atoms with Gasteiger partial charge >= 0.3 is 6.03 Å². The van der Waals surface area contributed by atoms with Crippen molar-refractivity contribution in [3.8, 4) is 0 Å². The molecule has 2 atom stereocenters. The Hall–Kier alpha value is -1.14. The molecule has 17 heavy (non-hydrogen) atoms. The Bertz CT molecular complexity index is 302. The standard InChI is InChI=1S/C11H18N2O4/c1-2-3-9-10(14)13(11(15)12-9)6-8-4-5-16-7-17-8/h8-9H,2-7H2,1H3,(H,12,15). The van der Waals surface area contributed by atoms with Crippen LogP contribution in [0.2, 0.25) is 0 Å². The zero-order valence-electron chi connectivity index (χ0n) is 9.98. The number of ether oxygens (including phenoxy) is 2. The molecule has 2 fully saturated rings. The molecule has 2 aliphatic rings. The average molecular weight is 242 g/mol. The van der Waals surface area contributed by atoms with Gasteiger partial charge in [-0.3, -0.25) is 9.69 Å². The van der Waals surface area contributed by atoms with Gasteiger partial charge in [-0.1, -0.05) is 13.3 Å². The van der Waals surface area contributed by atoms with E-state index < -0.39 is 0 Å². The summed E-state index contributed by atoms with van der Waals surface area (Å²) in [6.45, 7) is 3.18. The monoisotopic (exact) mass is 242 g/mol. The van der Waals surface area contributed by atoms with E-state index in [0.717, 1.165) is 12.8 Å². The summed E-state index contributed by atoms with van der Waals surface area (Å²) in [4.78, 5) is 24.8. The van der Waals surface area contributed by atoms with E-state index in [0.29, 0.717) is 19.6 Å². The first-order valence-electron chi connectivity index (χ1n) is 6.03. The van der Waals surface area contributed by atoms with Crippen LogP contribution in [0.5, 0.6) is 0 Å². The van der Waals surface area contributed by atoms with Gasteiger partial charge in [0.15, 0.2) is 0 Å². The van der Waals surface area contributed by atoms with Gasteiger partial charge in [0.25, 0.3) is 5.91 Å². The summed E-state index contributed by atoms with van der Waals surface area (Å²) in [6.07, 6.45) is 2.18. The number of hydrogen-bond donors (Lipinski definition) is 1. The average Bonchev–Trinajstić information content (AvgIpc) is 2.59. The van der Waals surface area contributed by atoms with Gasteiger partial charge in [-0.25, -0.2) is 4.79 Å². The number of carbonyl (C=O) groups excluding carboxylic acids is 2. The van der Waals surface area contributed by atoms with Crippen LogP contribution in [0.25, 0.3) is 0 Å². The molecule has 2 aliphatic heterocycles. The van der Waals surface area contributed by atoms with Crippen LogP contribution in [0.3, 0.4) is 0 Å². The highest BCUT2D eigenvalue weighted by atomic mass is 16.7. The number of amides is 3. The SMILES string of the molecule is CCCC1NC(=O)N(CC2CCOCO2)C1=O. The molecule has 2 rings (SSSR count). The summed E-state index contributed by atoms with van der Waals surface area (Å²) in [5, 5.41) is 2.69. The van der Waals surface area contributed by atoms with Crippen LogP contribution >= 0.6 is 0 Å². The highest BCUT2D eigenvalue weighted by Gasteiger charge is 2.38. The third-order valence-electron chi connectivity index (χ3n) is 3.04. The van der Waals surface area contributed by atoms with Crippen molar-refractivity contribution in [3.05, 3.63) is 0 Å². The van der Waals surface area contributed by atoms with Crippen molar-refractivity contribution in [2.45, 2.75) is 38.3 Å². The lowest BCUT2D eigenvalue weighted by atomic mass is 10.1. The Labute approximate surface area is 100 Å². The molecule has 0 radical (unpaired) electrons. The largest absolute Gasteiger partial charge is 0.355 e. The summed E-state index contributed by atoms with van der Waals surface area (Å²) in [5.41, 5.74) is 0. The molecule has 0 aromatic rings. The third-order valence-corrected chi connectivity index (χ3v) is 3.04. The first-order chi connectivity index (χ1) is 8.22. The number of nitrogens with one attached hydrogen (secondary N) is 1. The second kappa shape index (κ2) is 5.46. The fraction of sp³-hybridized carbons (Fsp3) is 0.818. The van der Waals surface area contributed by atoms with Gasteiger partial charge in [-0.05, 0) is 12.8 Å². The molecular weight excluding hydrogens is 224 g/mol. The Morgan fingerprint density at radius 2 is 2.29 bits per heavy atom. The highest BCUT2D eigenvalue weighted by molar-refractivity contribution is 6.04. The van der Waals surface area contributed by atoms with Gasteiger partial charge in [0.1, 0.15) is 12.8 Å². The van der Waals surface area contributed by atoms with Crippen molar-refractivity contribution >= 4 is 11.9 Å². The molecule has 1 N–H and O–H groups in total. The fourth-order valence-corrected chi connectivity index (χ4v) is 2.08. The van der Waals surface area contributed by atoms with Crippen LogP contribution in [0.4, 0.5) is 4.79 Å². The Balaban J connectivity index is 1.91. The molecule has 0 spiro atoms. The molecule has 96 valence electrons. The van der Waals surface area contributed by atoms with Crippen molar-refractivity contribution in [1.82, 2.24) is 10.2 Å². The Morgan fingerprint density at radius 1 is 1.47 bits per heavy atom. The number of nitrogens with zero attached hydrogens (tertiary/aromatic N) is 1. The third kappa shape index (κ3) is 2.76. The molecule has 2 saturated heterocycles. The van der Waals surface area contributed by atoms with Crippen LogP contribution < -0.4 is 5.32 Å². The highest BCUT2D eigenvalue weighted by Crippen LogP contribution is 2.15. The first-order valence-corrected chi connectivity index (χ1v) is 6.03. The van der Waals surface area contributed by atoms with Gasteiger partial charge < -0.3 is 14.8 Å². The molecule has 0 aromatic carbocycles. The predicted molar refractivity (Wildman–Crippen MR) is 59.2 cm³/mol. The molecule has 0 aliphatic carbocycles. The van der Waals surface area contributed by atoms with E-state index >= 15 is 0 Å². The minimum atomic E-state index is -0.354. The molecule has 0 bridgehead atoms. The molecule has 6 heteroatoms. The van der Waals surface area contributed by atoms with Gasteiger partial charge in [-0.2, -0.15) is 0 Å². The summed E-state index contributed by atoms with van der Waals surface area (Å²) >= 11 is 0. The minimum Gasteiger partial charge on any atom is -0.355 e. The summed E-state index contributed by atoms with van der Waals surface area (Å²) in [5.74, 6) is -0.132. The fourth-order valence-electron chi connectivity index (χ4n) is 2.08. The summed E-state index contributed by atoms with van der Waals surface area (Å²) < 4.78 is 10.4. The lowest BCUT2D eigenvalue weighted by molar-refractivity contribution is -0.148. The van der Waals surface area contributed by atoms with Crippen LogP contribution in [0, 0.1) is 0 Å². The van der Waals surface area contributed by atoms with E-state index in [1.54, 1.807) is 0 Å². The van der Waals surface area contributed by atoms with Gasteiger partial charge in [-0.15, -0.1) is 0 Å². The minimum absolute atomic E-state index is 0.0983. The maximum atomic E-state index is 11.9. The number of urea groups is 1. The Morgan fingerprint density at radius 3 is 2.94 bits per heavy atom. The lowest BCUT2D eigenvalue weighted by Crippen LogP contribution is -2.41. The van der Waals surface area contributed by atoms with Gasteiger partial charge in [0, 0.05) is 0 Å². The zero-order chi connectivity index (χ0) is 12.3. The number of rotatable bonds is 4. The van der Waals surface area contributed by atoms with E-state index in [-0.39, 0.29) is 30.9 Å². The number of carbonyl (C=O) groups is 2. The maximum absolute atomic E-state index is 11.9. The molecule has 3 amide bonds. The molecule has 2 unspecified atom stereocenters. The van der Waals surface area contributed by atoms with Gasteiger partial charge in [0.2, 0.25) is 0 Å². The molecule has 0 aromatic heterocycles. The molecule has 2 heterocycles. The van der Waals surface area contributed by atoms with Crippen molar-refractivity contribution in [1.29, 1.82) is 0 Å². The summed E-state index contributed by atoms with van der Waals surface area (Å²) in [6, 6.07) is -0.657. The lowest BCUT2D eigenvalue weighted by Gasteiger charge is -2.25. The topological polar surface area (TPSA) is 67.9 Å². The van der Waals surface area contributed by atoms with Crippen LogP contribution in [0.15, 0.2) is 0 Å². The van der Waals surface area contributed by atoms with E-state index in [4.69, 9.17) is 9.47 Å². The summed E-state index contributed by atoms with van der Waals surface area (Å²) in [7, 11) is 0. The number of imide groups is 1. The van der Waals surface area contributed by atoms with Crippen LogP contribution in [0.1, 0.15) is 26.2 Å². The molecular formula is C11H18N2O4. The zero-order valence-corrected chi connectivity index (χ0v) is 9.98. The number of hydrogen-bond acceptors (Lipinski definition) is 4. The maximum Gasteiger partial charge on any atom is 0.324 e. The normalized spacial score (nSPS) is 29.6. The van der Waals surface area contributed by atoms with Crippen molar-refractivity contribution < 1.29 is 19.1 Å². The van der Waals surface area contributed by atoms with Crippen LogP contribution in [-0.4, -0.2) is 48.9 Å². The quantitative estimate of drug-likeness (QED) is 0.728. The Kier molecular flexibility index (Phi) is 3.96. The van der Waals surface area contributed by atoms with E-state index in [1.807, 2.05) is 6.92 Å². The van der Waals surface area contributed by atoms with E-state index in [1.165, 1.54) is 4.90 Å². The van der Waals surface area contributed by atoms with Crippen molar-refractivity contribution in [2.24, 2.45) is 0 Å². The van der Waals surface area contributed by atoms with Crippen molar-refractivity contribution in [3.63, 3.8) is 0 Å². The smallest absolute Gasteiger partial charge is 0.324 e. The van der Waals surface area contributed by atoms with Crippen LogP contribution in [-0.2, 0) is 14.3 Å². The predicted octanol–water partition coefficient (Wildman–Crippen LogP) is 0.470.